The predicted molar refractivity (Wildman–Crippen MR) is 128 cm³/mol. The second-order valence-corrected chi connectivity index (χ2v) is 8.82. The van der Waals surface area contributed by atoms with E-state index in [1.165, 1.54) is 11.1 Å². The highest BCUT2D eigenvalue weighted by Gasteiger charge is 2.26. The molecule has 0 saturated carbocycles. The quantitative estimate of drug-likeness (QED) is 0.395. The first kappa shape index (κ1) is 22.6. The van der Waals surface area contributed by atoms with Crippen molar-refractivity contribution in [2.75, 3.05) is 0 Å². The molecule has 0 heterocycles. The molecule has 0 aromatic heterocycles. The Hall–Kier alpha value is -3.04. The highest BCUT2D eigenvalue weighted by Crippen LogP contribution is 2.34. The first-order valence-corrected chi connectivity index (χ1v) is 10.8. The number of hydrogen-bond donors (Lipinski definition) is 1. The van der Waals surface area contributed by atoms with Gasteiger partial charge in [-0.2, -0.15) is 0 Å². The molecule has 31 heavy (non-hydrogen) atoms. The van der Waals surface area contributed by atoms with E-state index in [1.54, 1.807) is 0 Å². The predicted octanol–water partition coefficient (Wildman–Crippen LogP) is 7.21. The summed E-state index contributed by atoms with van der Waals surface area (Å²) >= 11 is 0. The molecule has 3 aromatic carbocycles. The molecule has 0 unspecified atom stereocenters. The molecule has 2 atom stereocenters. The maximum absolute atomic E-state index is 10.7. The van der Waals surface area contributed by atoms with E-state index in [4.69, 9.17) is 4.74 Å². The monoisotopic (exact) mass is 415 g/mol. The van der Waals surface area contributed by atoms with E-state index < -0.39 is 5.60 Å². The van der Waals surface area contributed by atoms with Crippen molar-refractivity contribution in [3.8, 4) is 0 Å². The average Bonchev–Trinajstić information content (AvgIpc) is 2.76. The average molecular weight is 416 g/mol. The van der Waals surface area contributed by atoms with Crippen LogP contribution in [0.5, 0.6) is 0 Å². The van der Waals surface area contributed by atoms with Gasteiger partial charge in [0, 0.05) is 18.7 Å². The molecule has 3 rings (SSSR count). The van der Waals surface area contributed by atoms with Crippen LogP contribution in [0.4, 0.5) is 0 Å². The van der Waals surface area contributed by atoms with Gasteiger partial charge in [0.2, 0.25) is 0 Å². The fraction of sp³-hybridized carbons (Fsp3) is 0.286. The normalized spacial score (nSPS) is 14.3. The highest BCUT2D eigenvalue weighted by molar-refractivity contribution is 5.27. The summed E-state index contributed by atoms with van der Waals surface area (Å²) in [6, 6.07) is 31.1. The molecule has 0 radical (unpaired) electrons. The number of ether oxygens (including phenoxy) is 1. The van der Waals surface area contributed by atoms with Gasteiger partial charge in [0.1, 0.15) is 5.60 Å². The van der Waals surface area contributed by atoms with Crippen molar-refractivity contribution in [1.82, 2.24) is 4.90 Å². The van der Waals surface area contributed by atoms with Gasteiger partial charge >= 0.3 is 0 Å². The van der Waals surface area contributed by atoms with Crippen molar-refractivity contribution in [1.29, 1.82) is 0 Å². The van der Waals surface area contributed by atoms with Crippen LogP contribution in [-0.2, 0) is 11.3 Å². The Morgan fingerprint density at radius 2 is 1.32 bits per heavy atom. The molecule has 162 valence electrons. The lowest BCUT2D eigenvalue weighted by molar-refractivity contribution is -0.0177. The van der Waals surface area contributed by atoms with Crippen LogP contribution in [0, 0.1) is 0 Å². The molecule has 3 nitrogen and oxygen atoms in total. The summed E-state index contributed by atoms with van der Waals surface area (Å²) in [6.07, 6.45) is 1.82. The fourth-order valence-electron chi connectivity index (χ4n) is 3.71. The van der Waals surface area contributed by atoms with Crippen molar-refractivity contribution in [3.63, 3.8) is 0 Å². The Morgan fingerprint density at radius 3 is 1.84 bits per heavy atom. The molecular weight excluding hydrogens is 382 g/mol. The molecule has 3 heteroatoms. The molecule has 0 spiro atoms. The summed E-state index contributed by atoms with van der Waals surface area (Å²) in [6.45, 7) is 8.74. The SMILES string of the molecule is C[C@H](c1ccccc1)N(Cc1ccccc1)[C@@H](/C=C(\O)OC(C)(C)C)c1ccccc1. The van der Waals surface area contributed by atoms with Gasteiger partial charge in [0.15, 0.2) is 0 Å². The van der Waals surface area contributed by atoms with E-state index >= 15 is 0 Å². The Balaban J connectivity index is 2.06. The van der Waals surface area contributed by atoms with E-state index in [1.807, 2.05) is 57.2 Å². The lowest BCUT2D eigenvalue weighted by Gasteiger charge is -2.36. The third-order valence-electron chi connectivity index (χ3n) is 5.20. The van der Waals surface area contributed by atoms with Crippen molar-refractivity contribution in [3.05, 3.63) is 120 Å². The number of aliphatic hydroxyl groups is 1. The number of nitrogens with zero attached hydrogens (tertiary/aromatic N) is 1. The molecule has 0 fully saturated rings. The van der Waals surface area contributed by atoms with Crippen molar-refractivity contribution < 1.29 is 9.84 Å². The van der Waals surface area contributed by atoms with Gasteiger partial charge in [-0.1, -0.05) is 91.0 Å². The van der Waals surface area contributed by atoms with Crippen LogP contribution in [-0.4, -0.2) is 15.6 Å². The second kappa shape index (κ2) is 10.3. The summed E-state index contributed by atoms with van der Waals surface area (Å²) in [5.74, 6) is -0.0559. The molecule has 0 aliphatic rings. The van der Waals surface area contributed by atoms with Crippen LogP contribution in [0.1, 0.15) is 56.5 Å². The molecule has 3 aromatic rings. The van der Waals surface area contributed by atoms with Gasteiger partial charge in [-0.15, -0.1) is 0 Å². The highest BCUT2D eigenvalue weighted by atomic mass is 16.6. The summed E-state index contributed by atoms with van der Waals surface area (Å²) in [4.78, 5) is 2.39. The number of benzene rings is 3. The molecule has 0 aliphatic carbocycles. The minimum atomic E-state index is -0.475. The van der Waals surface area contributed by atoms with Crippen LogP contribution in [0.15, 0.2) is 103 Å². The lowest BCUT2D eigenvalue weighted by Crippen LogP contribution is -2.31. The Morgan fingerprint density at radius 1 is 0.839 bits per heavy atom. The van der Waals surface area contributed by atoms with Crippen molar-refractivity contribution in [2.45, 2.75) is 51.9 Å². The topological polar surface area (TPSA) is 32.7 Å². The molecule has 0 amide bonds. The zero-order valence-corrected chi connectivity index (χ0v) is 18.9. The number of aliphatic hydroxyl groups excluding tert-OH is 1. The minimum absolute atomic E-state index is 0.0559. The minimum Gasteiger partial charge on any atom is -0.481 e. The first-order valence-electron chi connectivity index (χ1n) is 10.8. The summed E-state index contributed by atoms with van der Waals surface area (Å²) in [5.41, 5.74) is 3.07. The third-order valence-corrected chi connectivity index (χ3v) is 5.20. The van der Waals surface area contributed by atoms with Crippen LogP contribution in [0.3, 0.4) is 0 Å². The largest absolute Gasteiger partial charge is 0.481 e. The molecule has 0 saturated heterocycles. The van der Waals surface area contributed by atoms with Crippen LogP contribution in [0.25, 0.3) is 0 Å². The summed E-state index contributed by atoms with van der Waals surface area (Å²) < 4.78 is 5.77. The van der Waals surface area contributed by atoms with E-state index in [0.717, 1.165) is 12.1 Å². The van der Waals surface area contributed by atoms with Gasteiger partial charge in [-0.25, -0.2) is 0 Å². The van der Waals surface area contributed by atoms with Crippen LogP contribution < -0.4 is 0 Å². The fourth-order valence-corrected chi connectivity index (χ4v) is 3.71. The summed E-state index contributed by atoms with van der Waals surface area (Å²) in [5, 5.41) is 10.7. The van der Waals surface area contributed by atoms with Crippen molar-refractivity contribution >= 4 is 0 Å². The molecule has 0 aliphatic heterocycles. The van der Waals surface area contributed by atoms with E-state index in [0.29, 0.717) is 0 Å². The van der Waals surface area contributed by atoms with Crippen LogP contribution in [0.2, 0.25) is 0 Å². The maximum atomic E-state index is 10.7. The first-order chi connectivity index (χ1) is 14.8. The Labute approximate surface area is 186 Å². The second-order valence-electron chi connectivity index (χ2n) is 8.82. The van der Waals surface area contributed by atoms with Gasteiger partial charge < -0.3 is 9.84 Å². The van der Waals surface area contributed by atoms with E-state index in [9.17, 15) is 5.11 Å². The van der Waals surface area contributed by atoms with Crippen LogP contribution >= 0.6 is 0 Å². The zero-order chi connectivity index (χ0) is 22.3. The zero-order valence-electron chi connectivity index (χ0n) is 18.9. The molecular formula is C28H33NO2. The van der Waals surface area contributed by atoms with Gasteiger partial charge in [0.25, 0.3) is 5.95 Å². The number of hydrogen-bond acceptors (Lipinski definition) is 3. The third kappa shape index (κ3) is 6.73. The Kier molecular flexibility index (Phi) is 7.54. The molecule has 1 N–H and O–H groups in total. The standard InChI is InChI=1S/C28H33NO2/c1-22(24-16-10-6-11-17-24)29(21-23-14-8-5-9-15-23)26(25-18-12-7-13-19-25)20-27(30)31-28(2,3)4/h5-20,22,26,30H,21H2,1-4H3/b27-20+/t22-,26+/m1/s1. The maximum Gasteiger partial charge on any atom is 0.274 e. The summed E-state index contributed by atoms with van der Waals surface area (Å²) in [7, 11) is 0. The van der Waals surface area contributed by atoms with Gasteiger partial charge in [-0.3, -0.25) is 4.90 Å². The smallest absolute Gasteiger partial charge is 0.274 e. The van der Waals surface area contributed by atoms with E-state index in [-0.39, 0.29) is 18.0 Å². The lowest BCUT2D eigenvalue weighted by atomic mass is 9.98. The molecule has 0 bridgehead atoms. The van der Waals surface area contributed by atoms with E-state index in [2.05, 4.69) is 72.5 Å². The van der Waals surface area contributed by atoms with Gasteiger partial charge in [-0.05, 0) is 44.4 Å². The van der Waals surface area contributed by atoms with Crippen molar-refractivity contribution in [2.24, 2.45) is 0 Å². The Bertz CT molecular complexity index is 947. The number of rotatable bonds is 8. The van der Waals surface area contributed by atoms with Gasteiger partial charge in [0.05, 0.1) is 6.04 Å².